The van der Waals surface area contributed by atoms with E-state index in [9.17, 15) is 14.7 Å². The van der Waals surface area contributed by atoms with Crippen LogP contribution < -0.4 is 5.32 Å². The van der Waals surface area contributed by atoms with Gasteiger partial charge < -0.3 is 15.0 Å². The van der Waals surface area contributed by atoms with Crippen molar-refractivity contribution >= 4 is 11.9 Å². The van der Waals surface area contributed by atoms with Crippen LogP contribution in [0.4, 0.5) is 0 Å². The van der Waals surface area contributed by atoms with Crippen LogP contribution in [0.2, 0.25) is 0 Å². The average molecular weight is 340 g/mol. The summed E-state index contributed by atoms with van der Waals surface area (Å²) in [5.74, 6) is -0.828. The van der Waals surface area contributed by atoms with Crippen molar-refractivity contribution in [1.29, 1.82) is 0 Å². The molecule has 1 amide bonds. The van der Waals surface area contributed by atoms with Gasteiger partial charge in [-0.3, -0.25) is 4.79 Å². The van der Waals surface area contributed by atoms with Crippen LogP contribution in [0.25, 0.3) is 0 Å². The van der Waals surface area contributed by atoms with Gasteiger partial charge in [0, 0.05) is 17.9 Å². The van der Waals surface area contributed by atoms with Crippen molar-refractivity contribution in [2.45, 2.75) is 45.7 Å². The second-order valence-corrected chi connectivity index (χ2v) is 6.90. The van der Waals surface area contributed by atoms with Gasteiger partial charge in [0.05, 0.1) is 5.56 Å². The van der Waals surface area contributed by atoms with Crippen LogP contribution in [0.5, 0.6) is 0 Å². The van der Waals surface area contributed by atoms with E-state index in [-0.39, 0.29) is 5.91 Å². The van der Waals surface area contributed by atoms with E-state index in [0.717, 1.165) is 29.8 Å². The Morgan fingerprint density at radius 3 is 2.52 bits per heavy atom. The SMILES string of the molecule is Cc1cc(C(=O)NC(CC2CC2)C(=O)O)c(C)n1Cc1ccccc1. The fraction of sp³-hybridized carbons (Fsp3) is 0.400. The van der Waals surface area contributed by atoms with Crippen molar-refractivity contribution in [3.8, 4) is 0 Å². The van der Waals surface area contributed by atoms with Crippen LogP contribution in [0.15, 0.2) is 36.4 Å². The summed E-state index contributed by atoms with van der Waals surface area (Å²) in [6.07, 6.45) is 2.64. The van der Waals surface area contributed by atoms with Crippen molar-refractivity contribution in [3.63, 3.8) is 0 Å². The molecule has 1 aromatic carbocycles. The molecule has 1 aliphatic rings. The number of carboxylic acids is 1. The standard InChI is InChI=1S/C20H24N2O3/c1-13-10-17(14(2)22(13)12-16-6-4-3-5-7-16)19(23)21-18(20(24)25)11-15-8-9-15/h3-7,10,15,18H,8-9,11-12H2,1-2H3,(H,21,23)(H,24,25). The predicted octanol–water partition coefficient (Wildman–Crippen LogP) is 3.14. The average Bonchev–Trinajstić information content (AvgIpc) is 3.36. The lowest BCUT2D eigenvalue weighted by atomic mass is 10.1. The number of aromatic nitrogens is 1. The van der Waals surface area contributed by atoms with E-state index in [1.807, 2.05) is 38.1 Å². The molecule has 3 rings (SSSR count). The first-order valence-electron chi connectivity index (χ1n) is 8.70. The zero-order valence-corrected chi connectivity index (χ0v) is 14.7. The molecule has 0 bridgehead atoms. The Labute approximate surface area is 147 Å². The fourth-order valence-corrected chi connectivity index (χ4v) is 3.18. The molecule has 0 radical (unpaired) electrons. The number of rotatable bonds is 7. The highest BCUT2D eigenvalue weighted by atomic mass is 16.4. The predicted molar refractivity (Wildman–Crippen MR) is 95.7 cm³/mol. The number of carbonyl (C=O) groups is 2. The van der Waals surface area contributed by atoms with Crippen LogP contribution >= 0.6 is 0 Å². The van der Waals surface area contributed by atoms with Gasteiger partial charge in [-0.25, -0.2) is 4.79 Å². The van der Waals surface area contributed by atoms with Gasteiger partial charge in [-0.2, -0.15) is 0 Å². The molecule has 5 nitrogen and oxygen atoms in total. The summed E-state index contributed by atoms with van der Waals surface area (Å²) in [5, 5.41) is 12.0. The van der Waals surface area contributed by atoms with Gasteiger partial charge in [0.1, 0.15) is 6.04 Å². The number of nitrogens with zero attached hydrogens (tertiary/aromatic N) is 1. The topological polar surface area (TPSA) is 71.3 Å². The summed E-state index contributed by atoms with van der Waals surface area (Å²) in [6.45, 7) is 4.56. The third-order valence-corrected chi connectivity index (χ3v) is 4.87. The maximum atomic E-state index is 12.6. The normalized spacial score (nSPS) is 15.0. The number of carboxylic acid groups (broad SMARTS) is 1. The van der Waals surface area contributed by atoms with E-state index in [2.05, 4.69) is 22.0 Å². The summed E-state index contributed by atoms with van der Waals surface area (Å²) in [5.41, 5.74) is 3.55. The number of hydrogen-bond acceptors (Lipinski definition) is 2. The number of carbonyl (C=O) groups excluding carboxylic acids is 1. The molecule has 1 fully saturated rings. The Balaban J connectivity index is 1.76. The number of aryl methyl sites for hydroxylation is 1. The van der Waals surface area contributed by atoms with Crippen LogP contribution in [0.3, 0.4) is 0 Å². The minimum atomic E-state index is -0.960. The summed E-state index contributed by atoms with van der Waals surface area (Å²) in [4.78, 5) is 24.0. The van der Waals surface area contributed by atoms with Crippen molar-refractivity contribution < 1.29 is 14.7 Å². The van der Waals surface area contributed by atoms with Gasteiger partial charge in [-0.05, 0) is 37.8 Å². The number of nitrogens with one attached hydrogen (secondary N) is 1. The monoisotopic (exact) mass is 340 g/mol. The van der Waals surface area contributed by atoms with E-state index in [4.69, 9.17) is 0 Å². The number of aliphatic carboxylic acids is 1. The summed E-state index contributed by atoms with van der Waals surface area (Å²) in [6, 6.07) is 11.1. The van der Waals surface area contributed by atoms with Crippen LogP contribution in [0.1, 0.15) is 46.6 Å². The molecule has 2 N–H and O–H groups in total. The summed E-state index contributed by atoms with van der Waals surface area (Å²) in [7, 11) is 0. The fourth-order valence-electron chi connectivity index (χ4n) is 3.18. The molecule has 1 heterocycles. The van der Waals surface area contributed by atoms with E-state index in [1.54, 1.807) is 0 Å². The first-order valence-corrected chi connectivity index (χ1v) is 8.70. The maximum Gasteiger partial charge on any atom is 0.326 e. The first-order chi connectivity index (χ1) is 12.0. The molecular weight excluding hydrogens is 316 g/mol. The van der Waals surface area contributed by atoms with Crippen LogP contribution in [-0.2, 0) is 11.3 Å². The quantitative estimate of drug-likeness (QED) is 0.813. The van der Waals surface area contributed by atoms with E-state index in [1.165, 1.54) is 0 Å². The maximum absolute atomic E-state index is 12.6. The number of benzene rings is 1. The highest BCUT2D eigenvalue weighted by Crippen LogP contribution is 2.33. The van der Waals surface area contributed by atoms with Crippen LogP contribution in [-0.4, -0.2) is 27.6 Å². The highest BCUT2D eigenvalue weighted by Gasteiger charge is 2.31. The Morgan fingerprint density at radius 1 is 1.24 bits per heavy atom. The number of hydrogen-bond donors (Lipinski definition) is 2. The zero-order valence-electron chi connectivity index (χ0n) is 14.7. The van der Waals surface area contributed by atoms with Gasteiger partial charge in [-0.15, -0.1) is 0 Å². The van der Waals surface area contributed by atoms with Crippen molar-refractivity contribution in [2.24, 2.45) is 5.92 Å². The van der Waals surface area contributed by atoms with Crippen molar-refractivity contribution in [2.75, 3.05) is 0 Å². The lowest BCUT2D eigenvalue weighted by Gasteiger charge is -2.14. The van der Waals surface area contributed by atoms with E-state index < -0.39 is 12.0 Å². The molecule has 5 heteroatoms. The number of amides is 1. The molecule has 1 unspecified atom stereocenters. The van der Waals surface area contributed by atoms with Gasteiger partial charge in [0.25, 0.3) is 5.91 Å². The minimum absolute atomic E-state index is 0.305. The lowest BCUT2D eigenvalue weighted by Crippen LogP contribution is -2.41. The van der Waals surface area contributed by atoms with E-state index >= 15 is 0 Å². The molecular formula is C20H24N2O3. The Hall–Kier alpha value is -2.56. The smallest absolute Gasteiger partial charge is 0.326 e. The van der Waals surface area contributed by atoms with Gasteiger partial charge in [-0.1, -0.05) is 43.2 Å². The lowest BCUT2D eigenvalue weighted by molar-refractivity contribution is -0.139. The summed E-state index contributed by atoms with van der Waals surface area (Å²) >= 11 is 0. The second-order valence-electron chi connectivity index (χ2n) is 6.90. The first kappa shape index (κ1) is 17.3. The van der Waals surface area contributed by atoms with Gasteiger partial charge in [0.2, 0.25) is 0 Å². The molecule has 1 saturated carbocycles. The van der Waals surface area contributed by atoms with Crippen molar-refractivity contribution in [1.82, 2.24) is 9.88 Å². The molecule has 1 aromatic heterocycles. The van der Waals surface area contributed by atoms with Crippen molar-refractivity contribution in [3.05, 3.63) is 58.9 Å². The Morgan fingerprint density at radius 2 is 1.92 bits per heavy atom. The molecule has 25 heavy (non-hydrogen) atoms. The largest absolute Gasteiger partial charge is 0.480 e. The second kappa shape index (κ2) is 7.13. The zero-order chi connectivity index (χ0) is 18.0. The molecule has 2 aromatic rings. The third kappa shape index (κ3) is 4.10. The Bertz CT molecular complexity index is 776. The van der Waals surface area contributed by atoms with Gasteiger partial charge in [0.15, 0.2) is 0 Å². The highest BCUT2D eigenvalue weighted by molar-refractivity contribution is 5.97. The molecule has 0 spiro atoms. The van der Waals surface area contributed by atoms with Crippen LogP contribution in [0, 0.1) is 19.8 Å². The minimum Gasteiger partial charge on any atom is -0.480 e. The van der Waals surface area contributed by atoms with E-state index in [0.29, 0.717) is 24.4 Å². The third-order valence-electron chi connectivity index (χ3n) is 4.87. The molecule has 0 saturated heterocycles. The molecule has 132 valence electrons. The van der Waals surface area contributed by atoms with Gasteiger partial charge >= 0.3 is 5.97 Å². The Kier molecular flexibility index (Phi) is 4.93. The molecule has 0 aliphatic heterocycles. The molecule has 1 aliphatic carbocycles. The molecule has 1 atom stereocenters. The summed E-state index contributed by atoms with van der Waals surface area (Å²) < 4.78 is 2.08.